The number of rotatable bonds is 3. The predicted molar refractivity (Wildman–Crippen MR) is 52.8 cm³/mol. The molecule has 1 nitrogen and oxygen atoms in total. The van der Waals surface area contributed by atoms with Crippen LogP contribution in [0.3, 0.4) is 0 Å². The number of hydrogen-bond acceptors (Lipinski definition) is 2. The highest BCUT2D eigenvalue weighted by Crippen LogP contribution is 2.16. The molecule has 1 heterocycles. The van der Waals surface area contributed by atoms with Crippen LogP contribution in [0.1, 0.15) is 13.3 Å². The van der Waals surface area contributed by atoms with Crippen molar-refractivity contribution in [2.75, 3.05) is 12.3 Å². The van der Waals surface area contributed by atoms with Crippen LogP contribution in [0.25, 0.3) is 0 Å². The monoisotopic (exact) mass is 169 g/mol. The molecule has 11 heavy (non-hydrogen) atoms. The Morgan fingerprint density at radius 3 is 3.09 bits per heavy atom. The lowest BCUT2D eigenvalue weighted by Gasteiger charge is -2.03. The highest BCUT2D eigenvalue weighted by molar-refractivity contribution is 8.00. The van der Waals surface area contributed by atoms with E-state index < -0.39 is 0 Å². The fourth-order valence-electron chi connectivity index (χ4n) is 1.02. The van der Waals surface area contributed by atoms with Crippen molar-refractivity contribution in [2.24, 2.45) is 0 Å². The molecule has 0 bridgehead atoms. The molecule has 0 radical (unpaired) electrons. The van der Waals surface area contributed by atoms with E-state index in [4.69, 9.17) is 0 Å². The first-order valence-corrected chi connectivity index (χ1v) is 5.11. The summed E-state index contributed by atoms with van der Waals surface area (Å²) in [4.78, 5) is 0. The Labute approximate surface area is 72.9 Å². The molecule has 1 rings (SSSR count). The molecule has 0 saturated carbocycles. The van der Waals surface area contributed by atoms with Gasteiger partial charge in [0.1, 0.15) is 0 Å². The quantitative estimate of drug-likeness (QED) is 0.650. The van der Waals surface area contributed by atoms with Gasteiger partial charge in [-0.2, -0.15) is 0 Å². The largest absolute Gasteiger partial charge is 0.304 e. The van der Waals surface area contributed by atoms with Gasteiger partial charge in [-0.1, -0.05) is 24.3 Å². The van der Waals surface area contributed by atoms with Gasteiger partial charge < -0.3 is 5.32 Å². The molecule has 0 aliphatic carbocycles. The molecule has 1 aliphatic rings. The Kier molecular flexibility index (Phi) is 4.39. The van der Waals surface area contributed by atoms with Gasteiger partial charge in [0.2, 0.25) is 0 Å². The molecule has 1 unspecified atom stereocenters. The molecule has 0 aromatic heterocycles. The SMILES string of the molecule is CC=CC=CCC1NCCS1. The van der Waals surface area contributed by atoms with Gasteiger partial charge in [0.15, 0.2) is 0 Å². The Morgan fingerprint density at radius 1 is 1.55 bits per heavy atom. The summed E-state index contributed by atoms with van der Waals surface area (Å²) in [5.41, 5.74) is 0. The summed E-state index contributed by atoms with van der Waals surface area (Å²) in [5, 5.41) is 4.08. The number of allylic oxidation sites excluding steroid dienone is 3. The van der Waals surface area contributed by atoms with Gasteiger partial charge in [0.25, 0.3) is 0 Å². The smallest absolute Gasteiger partial charge is 0.0567 e. The Hall–Kier alpha value is -0.210. The molecule has 1 aliphatic heterocycles. The summed E-state index contributed by atoms with van der Waals surface area (Å²) >= 11 is 2.01. The fourth-order valence-corrected chi connectivity index (χ4v) is 2.03. The zero-order valence-corrected chi connectivity index (χ0v) is 7.73. The van der Waals surface area contributed by atoms with Crippen molar-refractivity contribution in [3.63, 3.8) is 0 Å². The van der Waals surface area contributed by atoms with E-state index in [1.165, 1.54) is 12.3 Å². The minimum absolute atomic E-state index is 0.663. The van der Waals surface area contributed by atoms with Gasteiger partial charge in [-0.3, -0.25) is 0 Å². The molecule has 1 saturated heterocycles. The predicted octanol–water partition coefficient (Wildman–Crippen LogP) is 2.17. The maximum atomic E-state index is 3.42. The molecule has 1 N–H and O–H groups in total. The lowest BCUT2D eigenvalue weighted by Crippen LogP contribution is -2.18. The van der Waals surface area contributed by atoms with Gasteiger partial charge in [0, 0.05) is 12.3 Å². The van der Waals surface area contributed by atoms with E-state index in [1.54, 1.807) is 0 Å². The molecular weight excluding hydrogens is 154 g/mol. The fraction of sp³-hybridized carbons (Fsp3) is 0.556. The lowest BCUT2D eigenvalue weighted by atomic mass is 10.3. The summed E-state index contributed by atoms with van der Waals surface area (Å²) in [5.74, 6) is 1.27. The molecule has 0 aromatic carbocycles. The summed E-state index contributed by atoms with van der Waals surface area (Å²) in [6.45, 7) is 3.21. The minimum Gasteiger partial charge on any atom is -0.304 e. The zero-order valence-electron chi connectivity index (χ0n) is 6.92. The van der Waals surface area contributed by atoms with Crippen LogP contribution in [0.15, 0.2) is 24.3 Å². The molecule has 2 heteroatoms. The van der Waals surface area contributed by atoms with Crippen LogP contribution in [0.4, 0.5) is 0 Å². The molecule has 1 fully saturated rings. The van der Waals surface area contributed by atoms with Crippen LogP contribution >= 0.6 is 11.8 Å². The van der Waals surface area contributed by atoms with Crippen molar-refractivity contribution >= 4 is 11.8 Å². The molecule has 0 spiro atoms. The average molecular weight is 169 g/mol. The van der Waals surface area contributed by atoms with Crippen LogP contribution in [0, 0.1) is 0 Å². The van der Waals surface area contributed by atoms with Crippen LogP contribution < -0.4 is 5.32 Å². The third-order valence-electron chi connectivity index (χ3n) is 1.58. The van der Waals surface area contributed by atoms with Gasteiger partial charge in [-0.05, 0) is 13.3 Å². The summed E-state index contributed by atoms with van der Waals surface area (Å²) in [6, 6.07) is 0. The topological polar surface area (TPSA) is 12.0 Å². The molecule has 62 valence electrons. The third kappa shape index (κ3) is 3.63. The van der Waals surface area contributed by atoms with Gasteiger partial charge in [-0.25, -0.2) is 0 Å². The molecule has 0 aromatic rings. The van der Waals surface area contributed by atoms with Crippen molar-refractivity contribution in [3.05, 3.63) is 24.3 Å². The lowest BCUT2D eigenvalue weighted by molar-refractivity contribution is 0.719. The van der Waals surface area contributed by atoms with Crippen LogP contribution in [-0.2, 0) is 0 Å². The maximum absolute atomic E-state index is 3.42. The summed E-state index contributed by atoms with van der Waals surface area (Å²) < 4.78 is 0. The maximum Gasteiger partial charge on any atom is 0.0567 e. The van der Waals surface area contributed by atoms with Crippen LogP contribution in [0.2, 0.25) is 0 Å². The standard InChI is InChI=1S/C9H15NS/c1-2-3-4-5-6-9-10-7-8-11-9/h2-5,9-10H,6-8H2,1H3. The van der Waals surface area contributed by atoms with Crippen molar-refractivity contribution in [3.8, 4) is 0 Å². The number of hydrogen-bond donors (Lipinski definition) is 1. The number of nitrogens with one attached hydrogen (secondary N) is 1. The first-order chi connectivity index (χ1) is 5.43. The van der Waals surface area contributed by atoms with E-state index >= 15 is 0 Å². The number of thioether (sulfide) groups is 1. The highest BCUT2D eigenvalue weighted by Gasteiger charge is 2.11. The van der Waals surface area contributed by atoms with Crippen molar-refractivity contribution in [1.29, 1.82) is 0 Å². The van der Waals surface area contributed by atoms with Gasteiger partial charge in [0.05, 0.1) is 5.37 Å². The van der Waals surface area contributed by atoms with E-state index in [9.17, 15) is 0 Å². The van der Waals surface area contributed by atoms with E-state index in [0.29, 0.717) is 5.37 Å². The molecule has 1 atom stereocenters. The average Bonchev–Trinajstić information content (AvgIpc) is 2.50. The van der Waals surface area contributed by atoms with E-state index in [0.717, 1.165) is 6.42 Å². The highest BCUT2D eigenvalue weighted by atomic mass is 32.2. The van der Waals surface area contributed by atoms with Crippen LogP contribution in [-0.4, -0.2) is 17.7 Å². The Bertz CT molecular complexity index is 146. The normalized spacial score (nSPS) is 25.7. The van der Waals surface area contributed by atoms with E-state index in [-0.39, 0.29) is 0 Å². The third-order valence-corrected chi connectivity index (χ3v) is 2.78. The van der Waals surface area contributed by atoms with Crippen molar-refractivity contribution in [1.82, 2.24) is 5.32 Å². The van der Waals surface area contributed by atoms with Crippen molar-refractivity contribution in [2.45, 2.75) is 18.7 Å². The van der Waals surface area contributed by atoms with E-state index in [2.05, 4.69) is 23.5 Å². The van der Waals surface area contributed by atoms with Gasteiger partial charge >= 0.3 is 0 Å². The van der Waals surface area contributed by atoms with Crippen molar-refractivity contribution < 1.29 is 0 Å². The zero-order chi connectivity index (χ0) is 7.94. The first-order valence-electron chi connectivity index (χ1n) is 4.06. The Balaban J connectivity index is 2.10. The van der Waals surface area contributed by atoms with Crippen LogP contribution in [0.5, 0.6) is 0 Å². The molecular formula is C9H15NS. The van der Waals surface area contributed by atoms with E-state index in [1.807, 2.05) is 24.8 Å². The minimum atomic E-state index is 0.663. The molecule has 0 amide bonds. The second kappa shape index (κ2) is 5.44. The summed E-state index contributed by atoms with van der Waals surface area (Å²) in [7, 11) is 0. The van der Waals surface area contributed by atoms with Gasteiger partial charge in [-0.15, -0.1) is 11.8 Å². The second-order valence-electron chi connectivity index (χ2n) is 2.50. The first kappa shape index (κ1) is 8.88. The second-order valence-corrected chi connectivity index (χ2v) is 3.81. The Morgan fingerprint density at radius 2 is 2.45 bits per heavy atom. The summed E-state index contributed by atoms with van der Waals surface area (Å²) in [6.07, 6.45) is 9.59.